The second-order valence-electron chi connectivity index (χ2n) is 4.18. The van der Waals surface area contributed by atoms with E-state index in [0.29, 0.717) is 19.2 Å². The zero-order chi connectivity index (χ0) is 10.5. The van der Waals surface area contributed by atoms with Crippen molar-refractivity contribution in [2.75, 3.05) is 26.8 Å². The van der Waals surface area contributed by atoms with Crippen LogP contribution in [0.5, 0.6) is 0 Å². The monoisotopic (exact) mass is 189 g/mol. The Morgan fingerprint density at radius 1 is 1.46 bits per heavy atom. The summed E-state index contributed by atoms with van der Waals surface area (Å²) < 4.78 is 5.08. The molecule has 0 heterocycles. The molecule has 80 valence electrons. The van der Waals surface area contributed by atoms with Gasteiger partial charge in [0.15, 0.2) is 0 Å². The number of rotatable bonds is 6. The number of aliphatic hydroxyl groups is 1. The van der Waals surface area contributed by atoms with Gasteiger partial charge in [-0.3, -0.25) is 4.90 Å². The molecule has 1 unspecified atom stereocenters. The highest BCUT2D eigenvalue weighted by molar-refractivity contribution is 4.75. The van der Waals surface area contributed by atoms with E-state index in [1.54, 1.807) is 7.11 Å². The number of nitrogens with zero attached hydrogens (tertiary/aromatic N) is 1. The first-order valence-corrected chi connectivity index (χ1v) is 4.86. The van der Waals surface area contributed by atoms with Crippen molar-refractivity contribution >= 4 is 0 Å². The zero-order valence-electron chi connectivity index (χ0n) is 9.50. The topological polar surface area (TPSA) is 32.7 Å². The minimum atomic E-state index is -0.627. The molecule has 0 aromatic carbocycles. The van der Waals surface area contributed by atoms with E-state index in [2.05, 4.69) is 18.7 Å². The van der Waals surface area contributed by atoms with Gasteiger partial charge in [0.05, 0.1) is 12.2 Å². The van der Waals surface area contributed by atoms with Crippen molar-refractivity contribution in [1.82, 2.24) is 4.90 Å². The maximum absolute atomic E-state index is 9.65. The quantitative estimate of drug-likeness (QED) is 0.679. The zero-order valence-corrected chi connectivity index (χ0v) is 9.50. The van der Waals surface area contributed by atoms with Crippen LogP contribution in [-0.2, 0) is 4.74 Å². The first-order valence-electron chi connectivity index (χ1n) is 4.86. The summed E-state index contributed by atoms with van der Waals surface area (Å²) in [5.74, 6) is 0. The molecule has 0 fully saturated rings. The number of hydrogen-bond donors (Lipinski definition) is 1. The fraction of sp³-hybridized carbons (Fsp3) is 1.00. The van der Waals surface area contributed by atoms with E-state index < -0.39 is 5.60 Å². The molecule has 0 radical (unpaired) electrons. The van der Waals surface area contributed by atoms with Gasteiger partial charge in [-0.1, -0.05) is 6.92 Å². The SMILES string of the molecule is CCN(CC(C)(C)O)C(C)COC. The summed E-state index contributed by atoms with van der Waals surface area (Å²) in [5, 5.41) is 9.65. The minimum absolute atomic E-state index is 0.362. The maximum Gasteiger partial charge on any atom is 0.0718 e. The van der Waals surface area contributed by atoms with Crippen LogP contribution in [0.3, 0.4) is 0 Å². The van der Waals surface area contributed by atoms with E-state index in [4.69, 9.17) is 4.74 Å². The van der Waals surface area contributed by atoms with E-state index in [1.165, 1.54) is 0 Å². The standard InChI is InChI=1S/C10H23NO2/c1-6-11(8-10(3,4)12)9(2)7-13-5/h9,12H,6-8H2,1-5H3. The van der Waals surface area contributed by atoms with Gasteiger partial charge in [0.25, 0.3) is 0 Å². The van der Waals surface area contributed by atoms with Crippen molar-refractivity contribution in [3.05, 3.63) is 0 Å². The van der Waals surface area contributed by atoms with Crippen LogP contribution in [0.15, 0.2) is 0 Å². The molecule has 0 aromatic rings. The molecule has 3 heteroatoms. The van der Waals surface area contributed by atoms with E-state index in [-0.39, 0.29) is 0 Å². The fourth-order valence-electron chi connectivity index (χ4n) is 1.42. The van der Waals surface area contributed by atoms with Crippen LogP contribution in [0.1, 0.15) is 27.7 Å². The van der Waals surface area contributed by atoms with Gasteiger partial charge in [-0.15, -0.1) is 0 Å². The molecule has 0 saturated heterocycles. The summed E-state index contributed by atoms with van der Waals surface area (Å²) in [5.41, 5.74) is -0.627. The average molecular weight is 189 g/mol. The van der Waals surface area contributed by atoms with Crippen LogP contribution in [0.2, 0.25) is 0 Å². The Labute approximate surface area is 81.7 Å². The lowest BCUT2D eigenvalue weighted by molar-refractivity contribution is 0.0101. The Morgan fingerprint density at radius 3 is 2.31 bits per heavy atom. The average Bonchev–Trinajstić information content (AvgIpc) is 1.99. The predicted octanol–water partition coefficient (Wildman–Crippen LogP) is 1.11. The molecule has 1 N–H and O–H groups in total. The maximum atomic E-state index is 9.65. The summed E-state index contributed by atoms with van der Waals surface area (Å²) in [6.45, 7) is 10.2. The summed E-state index contributed by atoms with van der Waals surface area (Å²) in [6.07, 6.45) is 0. The highest BCUT2D eigenvalue weighted by Gasteiger charge is 2.20. The van der Waals surface area contributed by atoms with Gasteiger partial charge in [0.2, 0.25) is 0 Å². The molecule has 0 aliphatic carbocycles. The van der Waals surface area contributed by atoms with Crippen molar-refractivity contribution in [2.45, 2.75) is 39.3 Å². The van der Waals surface area contributed by atoms with Gasteiger partial charge >= 0.3 is 0 Å². The van der Waals surface area contributed by atoms with E-state index in [0.717, 1.165) is 6.54 Å². The third kappa shape index (κ3) is 6.02. The van der Waals surface area contributed by atoms with Crippen molar-refractivity contribution in [2.24, 2.45) is 0 Å². The number of likely N-dealkylation sites (N-methyl/N-ethyl adjacent to an activating group) is 1. The number of ether oxygens (including phenoxy) is 1. The second kappa shape index (κ2) is 5.58. The largest absolute Gasteiger partial charge is 0.389 e. The van der Waals surface area contributed by atoms with Gasteiger partial charge in [-0.25, -0.2) is 0 Å². The molecule has 0 rings (SSSR count). The van der Waals surface area contributed by atoms with Gasteiger partial charge in [0, 0.05) is 19.7 Å². The lowest BCUT2D eigenvalue weighted by atomic mass is 10.1. The lowest BCUT2D eigenvalue weighted by Crippen LogP contribution is -2.44. The van der Waals surface area contributed by atoms with Crippen LogP contribution >= 0.6 is 0 Å². The van der Waals surface area contributed by atoms with Gasteiger partial charge in [0.1, 0.15) is 0 Å². The molecular formula is C10H23NO2. The molecule has 0 aliphatic heterocycles. The molecular weight excluding hydrogens is 166 g/mol. The Morgan fingerprint density at radius 2 is 2.00 bits per heavy atom. The predicted molar refractivity (Wildman–Crippen MR) is 54.9 cm³/mol. The Bertz CT molecular complexity index is 131. The van der Waals surface area contributed by atoms with E-state index in [1.807, 2.05) is 13.8 Å². The van der Waals surface area contributed by atoms with Crippen LogP contribution in [-0.4, -0.2) is 48.5 Å². The van der Waals surface area contributed by atoms with Crippen molar-refractivity contribution in [3.8, 4) is 0 Å². The Kier molecular flexibility index (Phi) is 5.53. The molecule has 0 aromatic heterocycles. The van der Waals surface area contributed by atoms with Crippen molar-refractivity contribution < 1.29 is 9.84 Å². The Hall–Kier alpha value is -0.120. The molecule has 3 nitrogen and oxygen atoms in total. The first-order chi connectivity index (χ1) is 5.90. The number of methoxy groups -OCH3 is 1. The normalized spacial score (nSPS) is 15.0. The summed E-state index contributed by atoms with van der Waals surface area (Å²) in [6, 6.07) is 0.362. The minimum Gasteiger partial charge on any atom is -0.389 e. The van der Waals surface area contributed by atoms with Crippen molar-refractivity contribution in [3.63, 3.8) is 0 Å². The summed E-state index contributed by atoms with van der Waals surface area (Å²) >= 11 is 0. The lowest BCUT2D eigenvalue weighted by Gasteiger charge is -2.32. The van der Waals surface area contributed by atoms with E-state index >= 15 is 0 Å². The molecule has 0 spiro atoms. The molecule has 0 saturated carbocycles. The smallest absolute Gasteiger partial charge is 0.0718 e. The highest BCUT2D eigenvalue weighted by Crippen LogP contribution is 2.08. The molecule has 0 bridgehead atoms. The van der Waals surface area contributed by atoms with Crippen LogP contribution in [0.4, 0.5) is 0 Å². The van der Waals surface area contributed by atoms with E-state index in [9.17, 15) is 5.11 Å². The van der Waals surface area contributed by atoms with Gasteiger partial charge in [-0.2, -0.15) is 0 Å². The van der Waals surface area contributed by atoms with Crippen LogP contribution < -0.4 is 0 Å². The first kappa shape index (κ1) is 12.9. The summed E-state index contributed by atoms with van der Waals surface area (Å²) in [7, 11) is 1.70. The molecule has 13 heavy (non-hydrogen) atoms. The third-order valence-corrected chi connectivity index (χ3v) is 2.03. The molecule has 1 atom stereocenters. The van der Waals surface area contributed by atoms with Crippen LogP contribution in [0, 0.1) is 0 Å². The van der Waals surface area contributed by atoms with Crippen LogP contribution in [0.25, 0.3) is 0 Å². The van der Waals surface area contributed by atoms with Gasteiger partial charge < -0.3 is 9.84 Å². The Balaban J connectivity index is 4.01. The van der Waals surface area contributed by atoms with Crippen molar-refractivity contribution in [1.29, 1.82) is 0 Å². The molecule has 0 amide bonds. The second-order valence-corrected chi connectivity index (χ2v) is 4.18. The highest BCUT2D eigenvalue weighted by atomic mass is 16.5. The fourth-order valence-corrected chi connectivity index (χ4v) is 1.42. The number of hydrogen-bond acceptors (Lipinski definition) is 3. The van der Waals surface area contributed by atoms with Gasteiger partial charge in [-0.05, 0) is 27.3 Å². The molecule has 0 aliphatic rings. The summed E-state index contributed by atoms with van der Waals surface area (Å²) in [4.78, 5) is 2.21. The third-order valence-electron chi connectivity index (χ3n) is 2.03.